The maximum atomic E-state index is 13.0. The highest BCUT2D eigenvalue weighted by atomic mass is 35.5. The van der Waals surface area contributed by atoms with Gasteiger partial charge < -0.3 is 15.0 Å². The molecule has 3 rings (SSSR count). The summed E-state index contributed by atoms with van der Waals surface area (Å²) in [6.45, 7) is 6.65. The summed E-state index contributed by atoms with van der Waals surface area (Å²) in [7, 11) is 0. The fourth-order valence-corrected chi connectivity index (χ4v) is 3.91. The van der Waals surface area contributed by atoms with Crippen LogP contribution in [0.5, 0.6) is 0 Å². The highest BCUT2D eigenvalue weighted by Gasteiger charge is 2.67. The van der Waals surface area contributed by atoms with Crippen LogP contribution in [0.2, 0.25) is 0 Å². The van der Waals surface area contributed by atoms with Crippen molar-refractivity contribution in [1.82, 2.24) is 4.90 Å². The zero-order valence-electron chi connectivity index (χ0n) is 14.5. The number of nitrogens with one attached hydrogen (secondary N) is 1. The number of halogens is 2. The number of carbonyl (C=O) groups is 2. The Bertz CT molecular complexity index is 699. The normalized spacial score (nSPS) is 30.7. The molecule has 1 heterocycles. The third-order valence-electron chi connectivity index (χ3n) is 4.87. The SMILES string of the molecule is C[C@@H]1CN(C(=O)c2ccccc2NC(=O)[C@@]2(C)CC2(Cl)Cl)C[C@H](C)O1. The fourth-order valence-electron chi connectivity index (χ4n) is 3.20. The molecule has 0 unspecified atom stereocenters. The highest BCUT2D eigenvalue weighted by Crippen LogP contribution is 2.64. The van der Waals surface area contributed by atoms with Gasteiger partial charge in [0.2, 0.25) is 5.91 Å². The second kappa shape index (κ2) is 6.45. The number of alkyl halides is 2. The van der Waals surface area contributed by atoms with Gasteiger partial charge in [0.15, 0.2) is 0 Å². The monoisotopic (exact) mass is 384 g/mol. The Morgan fingerprint density at radius 1 is 1.20 bits per heavy atom. The van der Waals surface area contributed by atoms with Crippen LogP contribution in [0.4, 0.5) is 5.69 Å². The molecule has 2 fully saturated rings. The minimum atomic E-state index is -1.05. The Kier molecular flexibility index (Phi) is 4.77. The first-order valence-corrected chi connectivity index (χ1v) is 9.13. The number of hydrogen-bond donors (Lipinski definition) is 1. The van der Waals surface area contributed by atoms with Gasteiger partial charge in [0.1, 0.15) is 4.33 Å². The molecule has 1 aliphatic heterocycles. The van der Waals surface area contributed by atoms with Gasteiger partial charge in [-0.2, -0.15) is 0 Å². The summed E-state index contributed by atoms with van der Waals surface area (Å²) >= 11 is 12.2. The van der Waals surface area contributed by atoms with Crippen molar-refractivity contribution >= 4 is 40.7 Å². The van der Waals surface area contributed by atoms with E-state index >= 15 is 0 Å². The van der Waals surface area contributed by atoms with Crippen LogP contribution in [-0.4, -0.2) is 46.3 Å². The predicted octanol–water partition coefficient (Wildman–Crippen LogP) is 3.46. The van der Waals surface area contributed by atoms with E-state index in [1.807, 2.05) is 13.8 Å². The first-order valence-electron chi connectivity index (χ1n) is 8.37. The number of para-hydroxylation sites is 1. The largest absolute Gasteiger partial charge is 0.372 e. The van der Waals surface area contributed by atoms with Crippen LogP contribution in [0.25, 0.3) is 0 Å². The summed E-state index contributed by atoms with van der Waals surface area (Å²) in [6, 6.07) is 6.99. The van der Waals surface area contributed by atoms with E-state index in [2.05, 4.69) is 5.32 Å². The number of carbonyl (C=O) groups excluding carboxylic acids is 2. The lowest BCUT2D eigenvalue weighted by Crippen LogP contribution is -2.48. The van der Waals surface area contributed by atoms with Crippen LogP contribution in [-0.2, 0) is 9.53 Å². The van der Waals surface area contributed by atoms with E-state index in [1.54, 1.807) is 36.1 Å². The number of benzene rings is 1. The molecule has 2 amide bonds. The molecule has 1 saturated heterocycles. The van der Waals surface area contributed by atoms with Gasteiger partial charge in [0, 0.05) is 13.1 Å². The van der Waals surface area contributed by atoms with E-state index in [9.17, 15) is 9.59 Å². The zero-order valence-corrected chi connectivity index (χ0v) is 16.0. The van der Waals surface area contributed by atoms with E-state index in [-0.39, 0.29) is 24.0 Å². The average Bonchev–Trinajstić information content (AvgIpc) is 3.06. The smallest absolute Gasteiger partial charge is 0.256 e. The molecular formula is C18H22Cl2N2O3. The van der Waals surface area contributed by atoms with Gasteiger partial charge in [0.05, 0.1) is 28.9 Å². The van der Waals surface area contributed by atoms with Gasteiger partial charge in [-0.15, -0.1) is 23.2 Å². The van der Waals surface area contributed by atoms with Crippen molar-refractivity contribution in [2.24, 2.45) is 5.41 Å². The summed E-state index contributed by atoms with van der Waals surface area (Å²) in [5, 5.41) is 2.82. The Balaban J connectivity index is 1.79. The topological polar surface area (TPSA) is 58.6 Å². The van der Waals surface area contributed by atoms with E-state index in [0.29, 0.717) is 30.8 Å². The van der Waals surface area contributed by atoms with Gasteiger partial charge in [-0.1, -0.05) is 12.1 Å². The van der Waals surface area contributed by atoms with Gasteiger partial charge in [-0.3, -0.25) is 9.59 Å². The summed E-state index contributed by atoms with van der Waals surface area (Å²) in [6.07, 6.45) is 0.352. The number of morpholine rings is 1. The molecule has 7 heteroatoms. The molecule has 5 nitrogen and oxygen atoms in total. The molecule has 1 N–H and O–H groups in total. The molecule has 1 aromatic rings. The Morgan fingerprint density at radius 2 is 1.76 bits per heavy atom. The van der Waals surface area contributed by atoms with Gasteiger partial charge in [-0.25, -0.2) is 0 Å². The van der Waals surface area contributed by atoms with E-state index in [1.165, 1.54) is 0 Å². The van der Waals surface area contributed by atoms with Crippen LogP contribution in [0.3, 0.4) is 0 Å². The second-order valence-electron chi connectivity index (χ2n) is 7.18. The molecule has 1 aromatic carbocycles. The van der Waals surface area contributed by atoms with Crippen molar-refractivity contribution in [3.8, 4) is 0 Å². The summed E-state index contributed by atoms with van der Waals surface area (Å²) < 4.78 is 4.63. The van der Waals surface area contributed by atoms with E-state index in [4.69, 9.17) is 27.9 Å². The third-order valence-corrected chi connectivity index (χ3v) is 5.97. The second-order valence-corrected chi connectivity index (χ2v) is 8.66. The predicted molar refractivity (Wildman–Crippen MR) is 98.1 cm³/mol. The molecule has 1 saturated carbocycles. The number of nitrogens with zero attached hydrogens (tertiary/aromatic N) is 1. The Morgan fingerprint density at radius 3 is 2.32 bits per heavy atom. The van der Waals surface area contributed by atoms with Crippen LogP contribution >= 0.6 is 23.2 Å². The van der Waals surface area contributed by atoms with Crippen molar-refractivity contribution < 1.29 is 14.3 Å². The summed E-state index contributed by atoms with van der Waals surface area (Å²) in [5.41, 5.74) is 0.0894. The molecule has 0 radical (unpaired) electrons. The number of anilines is 1. The third kappa shape index (κ3) is 3.50. The quantitative estimate of drug-likeness (QED) is 0.811. The van der Waals surface area contributed by atoms with Crippen molar-refractivity contribution in [2.45, 2.75) is 43.7 Å². The van der Waals surface area contributed by atoms with Gasteiger partial charge >= 0.3 is 0 Å². The van der Waals surface area contributed by atoms with Crippen molar-refractivity contribution in [3.63, 3.8) is 0 Å². The Hall–Kier alpha value is -1.30. The van der Waals surface area contributed by atoms with E-state index in [0.717, 1.165) is 0 Å². The van der Waals surface area contributed by atoms with Crippen LogP contribution < -0.4 is 5.32 Å². The number of rotatable bonds is 3. The standard InChI is InChI=1S/C18H22Cl2N2O3/c1-11-8-22(9-12(2)25-11)15(23)13-6-4-5-7-14(13)21-16(24)17(3)10-18(17,19)20/h4-7,11-12H,8-10H2,1-3H3,(H,21,24)/t11-,12+,17-/m1/s1. The molecule has 136 valence electrons. The molecule has 0 bridgehead atoms. The maximum Gasteiger partial charge on any atom is 0.256 e. The van der Waals surface area contributed by atoms with Crippen LogP contribution in [0, 0.1) is 5.41 Å². The van der Waals surface area contributed by atoms with E-state index < -0.39 is 9.75 Å². The fraction of sp³-hybridized carbons (Fsp3) is 0.556. The first kappa shape index (κ1) is 18.5. The molecule has 1 aliphatic carbocycles. The molecule has 2 aliphatic rings. The highest BCUT2D eigenvalue weighted by molar-refractivity contribution is 6.53. The van der Waals surface area contributed by atoms with Gasteiger partial charge in [-0.05, 0) is 39.3 Å². The average molecular weight is 385 g/mol. The molecule has 0 aromatic heterocycles. The summed E-state index contributed by atoms with van der Waals surface area (Å²) in [5.74, 6) is -0.400. The lowest BCUT2D eigenvalue weighted by atomic mass is 10.1. The van der Waals surface area contributed by atoms with Crippen molar-refractivity contribution in [1.29, 1.82) is 0 Å². The lowest BCUT2D eigenvalue weighted by molar-refractivity contribution is -0.120. The minimum Gasteiger partial charge on any atom is -0.372 e. The van der Waals surface area contributed by atoms with Gasteiger partial charge in [0.25, 0.3) is 5.91 Å². The molecule has 3 atom stereocenters. The molecule has 25 heavy (non-hydrogen) atoms. The van der Waals surface area contributed by atoms with Crippen molar-refractivity contribution in [3.05, 3.63) is 29.8 Å². The van der Waals surface area contributed by atoms with Crippen LogP contribution in [0.1, 0.15) is 37.6 Å². The first-order chi connectivity index (χ1) is 11.6. The zero-order chi connectivity index (χ0) is 18.4. The molecule has 0 spiro atoms. The Labute approximate surface area is 157 Å². The lowest BCUT2D eigenvalue weighted by Gasteiger charge is -2.35. The number of hydrogen-bond acceptors (Lipinski definition) is 3. The summed E-state index contributed by atoms with van der Waals surface area (Å²) in [4.78, 5) is 27.3. The minimum absolute atomic E-state index is 0.0204. The van der Waals surface area contributed by atoms with Crippen molar-refractivity contribution in [2.75, 3.05) is 18.4 Å². The number of ether oxygens (including phenoxy) is 1. The van der Waals surface area contributed by atoms with Crippen LogP contribution in [0.15, 0.2) is 24.3 Å². The molecular weight excluding hydrogens is 363 g/mol. The number of amides is 2. The maximum absolute atomic E-state index is 13.0.